The number of aryl methyl sites for hydroxylation is 2. The summed E-state index contributed by atoms with van der Waals surface area (Å²) in [6, 6.07) is 6.07. The SMILES string of the molecule is CCc1noc(CC)c1CNC(=NC)NCCCCOc1ccc(F)cc1.I. The van der Waals surface area contributed by atoms with E-state index in [2.05, 4.69) is 34.6 Å². The molecule has 8 heteroatoms. The van der Waals surface area contributed by atoms with Crippen LogP contribution in [-0.4, -0.2) is 31.3 Å². The summed E-state index contributed by atoms with van der Waals surface area (Å²) in [7, 11) is 1.75. The molecular weight excluding hydrogens is 474 g/mol. The molecular formula is C20H30FIN4O2. The van der Waals surface area contributed by atoms with Crippen LogP contribution in [0.15, 0.2) is 33.8 Å². The van der Waals surface area contributed by atoms with Gasteiger partial charge in [-0.3, -0.25) is 4.99 Å². The second-order valence-corrected chi connectivity index (χ2v) is 6.10. The summed E-state index contributed by atoms with van der Waals surface area (Å²) >= 11 is 0. The van der Waals surface area contributed by atoms with Gasteiger partial charge in [-0.05, 0) is 43.5 Å². The van der Waals surface area contributed by atoms with Gasteiger partial charge in [0.15, 0.2) is 5.96 Å². The van der Waals surface area contributed by atoms with Crippen LogP contribution in [0.4, 0.5) is 4.39 Å². The molecule has 1 heterocycles. The van der Waals surface area contributed by atoms with E-state index < -0.39 is 0 Å². The van der Waals surface area contributed by atoms with Crippen molar-refractivity contribution in [3.05, 3.63) is 47.1 Å². The van der Waals surface area contributed by atoms with E-state index in [1.54, 1.807) is 19.2 Å². The molecule has 0 aliphatic heterocycles. The number of unbranched alkanes of at least 4 members (excludes halogenated alkanes) is 1. The molecule has 0 aliphatic carbocycles. The Morgan fingerprint density at radius 2 is 1.89 bits per heavy atom. The first kappa shape index (κ1) is 24.2. The number of aromatic nitrogens is 1. The summed E-state index contributed by atoms with van der Waals surface area (Å²) in [6.45, 7) is 6.16. The normalized spacial score (nSPS) is 11.1. The highest BCUT2D eigenvalue weighted by atomic mass is 127. The fourth-order valence-corrected chi connectivity index (χ4v) is 2.69. The molecule has 28 heavy (non-hydrogen) atoms. The van der Waals surface area contributed by atoms with Gasteiger partial charge in [0.25, 0.3) is 0 Å². The molecule has 0 bridgehead atoms. The van der Waals surface area contributed by atoms with Gasteiger partial charge in [-0.15, -0.1) is 24.0 Å². The number of nitrogens with one attached hydrogen (secondary N) is 2. The van der Waals surface area contributed by atoms with Crippen LogP contribution >= 0.6 is 24.0 Å². The van der Waals surface area contributed by atoms with Crippen molar-refractivity contribution in [2.24, 2.45) is 4.99 Å². The monoisotopic (exact) mass is 504 g/mol. The molecule has 0 fully saturated rings. The molecule has 2 N–H and O–H groups in total. The minimum atomic E-state index is -0.256. The third-order valence-electron chi connectivity index (χ3n) is 4.21. The van der Waals surface area contributed by atoms with Gasteiger partial charge in [0, 0.05) is 32.1 Å². The Kier molecular flexibility index (Phi) is 11.5. The van der Waals surface area contributed by atoms with Crippen molar-refractivity contribution in [1.82, 2.24) is 15.8 Å². The van der Waals surface area contributed by atoms with Gasteiger partial charge in [0.1, 0.15) is 17.3 Å². The number of benzene rings is 1. The number of halogens is 2. The van der Waals surface area contributed by atoms with Crippen molar-refractivity contribution in [3.63, 3.8) is 0 Å². The molecule has 0 atom stereocenters. The average molecular weight is 504 g/mol. The number of hydrogen-bond donors (Lipinski definition) is 2. The Morgan fingerprint density at radius 1 is 1.14 bits per heavy atom. The van der Waals surface area contributed by atoms with Crippen LogP contribution in [0.3, 0.4) is 0 Å². The summed E-state index contributed by atoms with van der Waals surface area (Å²) in [6.07, 6.45) is 3.51. The Morgan fingerprint density at radius 3 is 2.54 bits per heavy atom. The van der Waals surface area contributed by atoms with Crippen LogP contribution < -0.4 is 15.4 Å². The van der Waals surface area contributed by atoms with E-state index in [1.165, 1.54) is 12.1 Å². The lowest BCUT2D eigenvalue weighted by Gasteiger charge is -2.12. The van der Waals surface area contributed by atoms with Gasteiger partial charge in [-0.2, -0.15) is 0 Å². The molecule has 2 aromatic rings. The number of rotatable bonds is 10. The highest BCUT2D eigenvalue weighted by molar-refractivity contribution is 14.0. The highest BCUT2D eigenvalue weighted by Gasteiger charge is 2.13. The molecule has 1 aromatic carbocycles. The number of hydrogen-bond acceptors (Lipinski definition) is 4. The van der Waals surface area contributed by atoms with Crippen molar-refractivity contribution in [2.75, 3.05) is 20.2 Å². The number of nitrogens with zero attached hydrogens (tertiary/aromatic N) is 2. The van der Waals surface area contributed by atoms with Gasteiger partial charge in [-0.1, -0.05) is 19.0 Å². The van der Waals surface area contributed by atoms with Gasteiger partial charge in [-0.25, -0.2) is 4.39 Å². The summed E-state index contributed by atoms with van der Waals surface area (Å²) in [5, 5.41) is 10.7. The van der Waals surface area contributed by atoms with E-state index in [0.717, 1.165) is 55.2 Å². The lowest BCUT2D eigenvalue weighted by molar-refractivity contribution is 0.306. The van der Waals surface area contributed by atoms with Crippen LogP contribution in [0.2, 0.25) is 0 Å². The first-order valence-corrected chi connectivity index (χ1v) is 9.47. The summed E-state index contributed by atoms with van der Waals surface area (Å²) in [4.78, 5) is 4.25. The molecule has 156 valence electrons. The van der Waals surface area contributed by atoms with E-state index in [9.17, 15) is 4.39 Å². The molecule has 0 aliphatic rings. The Labute approximate surface area is 183 Å². The predicted octanol–water partition coefficient (Wildman–Crippen LogP) is 4.08. The smallest absolute Gasteiger partial charge is 0.191 e. The minimum Gasteiger partial charge on any atom is -0.494 e. The van der Waals surface area contributed by atoms with Crippen molar-refractivity contribution in [3.8, 4) is 5.75 Å². The zero-order valence-corrected chi connectivity index (χ0v) is 19.1. The van der Waals surface area contributed by atoms with Gasteiger partial charge in [0.2, 0.25) is 0 Å². The largest absolute Gasteiger partial charge is 0.494 e. The summed E-state index contributed by atoms with van der Waals surface area (Å²) in [5.74, 6) is 2.11. The van der Waals surface area contributed by atoms with E-state index >= 15 is 0 Å². The third kappa shape index (κ3) is 7.65. The zero-order chi connectivity index (χ0) is 19.5. The average Bonchev–Trinajstić information content (AvgIpc) is 3.10. The maximum atomic E-state index is 12.8. The fourth-order valence-electron chi connectivity index (χ4n) is 2.69. The molecule has 0 saturated heterocycles. The Hall–Kier alpha value is -1.84. The first-order chi connectivity index (χ1) is 13.2. The number of aliphatic imine (C=N–C) groups is 1. The van der Waals surface area contributed by atoms with Crippen LogP contribution in [0, 0.1) is 5.82 Å². The second-order valence-electron chi connectivity index (χ2n) is 6.10. The highest BCUT2D eigenvalue weighted by Crippen LogP contribution is 2.15. The Bertz CT molecular complexity index is 698. The molecule has 0 amide bonds. The van der Waals surface area contributed by atoms with Gasteiger partial charge in [0.05, 0.1) is 12.3 Å². The van der Waals surface area contributed by atoms with E-state index in [-0.39, 0.29) is 29.8 Å². The van der Waals surface area contributed by atoms with Gasteiger partial charge >= 0.3 is 0 Å². The molecule has 0 saturated carbocycles. The molecule has 0 unspecified atom stereocenters. The standard InChI is InChI=1S/C20H29FN4O2.HI/c1-4-18-17(19(5-2)27-25-18)14-24-20(22-3)23-12-6-7-13-26-16-10-8-15(21)9-11-16;/h8-11H,4-7,12-14H2,1-3H3,(H2,22,23,24);1H. The lowest BCUT2D eigenvalue weighted by atomic mass is 10.1. The van der Waals surface area contributed by atoms with E-state index in [0.29, 0.717) is 18.9 Å². The van der Waals surface area contributed by atoms with E-state index in [1.807, 2.05) is 0 Å². The van der Waals surface area contributed by atoms with Crippen molar-refractivity contribution in [2.45, 2.75) is 46.1 Å². The van der Waals surface area contributed by atoms with Crippen molar-refractivity contribution >= 4 is 29.9 Å². The maximum absolute atomic E-state index is 12.8. The Balaban J connectivity index is 0.00000392. The molecule has 0 radical (unpaired) electrons. The number of ether oxygens (including phenoxy) is 1. The predicted molar refractivity (Wildman–Crippen MR) is 120 cm³/mol. The third-order valence-corrected chi connectivity index (χ3v) is 4.21. The van der Waals surface area contributed by atoms with Crippen LogP contribution in [0.5, 0.6) is 5.75 Å². The molecule has 1 aromatic heterocycles. The van der Waals surface area contributed by atoms with Crippen LogP contribution in [0.1, 0.15) is 43.7 Å². The topological polar surface area (TPSA) is 71.7 Å². The summed E-state index contributed by atoms with van der Waals surface area (Å²) < 4.78 is 23.8. The first-order valence-electron chi connectivity index (χ1n) is 9.47. The quantitative estimate of drug-likeness (QED) is 0.221. The lowest BCUT2D eigenvalue weighted by Crippen LogP contribution is -2.37. The summed E-state index contributed by atoms with van der Waals surface area (Å²) in [5.41, 5.74) is 2.11. The second kappa shape index (κ2) is 13.4. The van der Waals surface area contributed by atoms with Crippen molar-refractivity contribution in [1.29, 1.82) is 0 Å². The molecule has 0 spiro atoms. The van der Waals surface area contributed by atoms with E-state index in [4.69, 9.17) is 9.26 Å². The van der Waals surface area contributed by atoms with Crippen LogP contribution in [0.25, 0.3) is 0 Å². The molecule has 6 nitrogen and oxygen atoms in total. The maximum Gasteiger partial charge on any atom is 0.191 e. The van der Waals surface area contributed by atoms with Crippen molar-refractivity contribution < 1.29 is 13.7 Å². The molecule has 2 rings (SSSR count). The zero-order valence-electron chi connectivity index (χ0n) is 16.8. The number of guanidine groups is 1. The van der Waals surface area contributed by atoms with Gasteiger partial charge < -0.3 is 19.9 Å². The minimum absolute atomic E-state index is 0. The fraction of sp³-hybridized carbons (Fsp3) is 0.500. The van der Waals surface area contributed by atoms with Crippen LogP contribution in [-0.2, 0) is 19.4 Å².